The second kappa shape index (κ2) is 6.95. The minimum atomic E-state index is -0.569. The third-order valence-electron chi connectivity index (χ3n) is 2.87. The minimum Gasteiger partial charge on any atom is -0.348 e. The maximum atomic E-state index is 12.7. The number of alkyl halides is 2. The normalized spacial score (nSPS) is 11.3. The van der Waals surface area contributed by atoms with Gasteiger partial charge in [0, 0.05) is 11.8 Å². The molecular weight excluding hydrogens is 276 g/mol. The first-order chi connectivity index (χ1) is 8.55. The van der Waals surface area contributed by atoms with Crippen molar-refractivity contribution >= 4 is 29.1 Å². The summed E-state index contributed by atoms with van der Waals surface area (Å²) >= 11 is 11.7. The van der Waals surface area contributed by atoms with Crippen molar-refractivity contribution in [3.05, 3.63) is 35.6 Å². The van der Waals surface area contributed by atoms with E-state index in [1.807, 2.05) is 6.92 Å². The number of amides is 1. The molecule has 0 aliphatic carbocycles. The van der Waals surface area contributed by atoms with Gasteiger partial charge < -0.3 is 5.32 Å². The zero-order valence-corrected chi connectivity index (χ0v) is 11.7. The van der Waals surface area contributed by atoms with Crippen LogP contribution in [0.2, 0.25) is 0 Å². The number of nitrogens with one attached hydrogen (secondary N) is 1. The molecule has 1 aromatic rings. The molecule has 0 atom stereocenters. The highest BCUT2D eigenvalue weighted by Gasteiger charge is 2.27. The van der Waals surface area contributed by atoms with Gasteiger partial charge in [0.15, 0.2) is 0 Å². The Bertz CT molecular complexity index is 382. The van der Waals surface area contributed by atoms with E-state index in [0.29, 0.717) is 6.42 Å². The molecule has 0 bridgehead atoms. The lowest BCUT2D eigenvalue weighted by Crippen LogP contribution is -2.51. The molecule has 1 aromatic carbocycles. The van der Waals surface area contributed by atoms with Gasteiger partial charge in [0.1, 0.15) is 5.82 Å². The summed E-state index contributed by atoms with van der Waals surface area (Å²) in [5.41, 5.74) is 0.184. The van der Waals surface area contributed by atoms with Crippen LogP contribution in [0.15, 0.2) is 24.3 Å². The molecule has 100 valence electrons. The first-order valence-corrected chi connectivity index (χ1v) is 6.79. The van der Waals surface area contributed by atoms with Gasteiger partial charge in [-0.1, -0.05) is 19.1 Å². The lowest BCUT2D eigenvalue weighted by atomic mass is 10.0. The molecule has 0 saturated carbocycles. The lowest BCUT2D eigenvalue weighted by molar-refractivity contribution is -0.122. The van der Waals surface area contributed by atoms with E-state index in [-0.39, 0.29) is 29.9 Å². The summed E-state index contributed by atoms with van der Waals surface area (Å²) < 4.78 is 12.7. The molecule has 0 heterocycles. The van der Waals surface area contributed by atoms with Gasteiger partial charge in [0.2, 0.25) is 5.91 Å². The number of halogens is 3. The summed E-state index contributed by atoms with van der Waals surface area (Å²) in [5, 5.41) is 2.85. The SMILES string of the molecule is CCC(CCl)(CCl)NC(=O)Cc1ccc(F)cc1. The topological polar surface area (TPSA) is 29.1 Å². The van der Waals surface area contributed by atoms with E-state index >= 15 is 0 Å². The second-order valence-electron chi connectivity index (χ2n) is 4.25. The third kappa shape index (κ3) is 4.14. The zero-order valence-electron chi connectivity index (χ0n) is 10.2. The van der Waals surface area contributed by atoms with Gasteiger partial charge in [0.05, 0.1) is 12.0 Å². The highest BCUT2D eigenvalue weighted by atomic mass is 35.5. The molecule has 0 saturated heterocycles. The molecule has 1 amide bonds. The molecule has 0 radical (unpaired) electrons. The molecule has 0 aromatic heterocycles. The van der Waals surface area contributed by atoms with E-state index in [1.54, 1.807) is 12.1 Å². The van der Waals surface area contributed by atoms with Crippen molar-refractivity contribution in [2.75, 3.05) is 11.8 Å². The molecule has 5 heteroatoms. The Morgan fingerprint density at radius 2 is 1.83 bits per heavy atom. The van der Waals surface area contributed by atoms with E-state index in [4.69, 9.17) is 23.2 Å². The first-order valence-electron chi connectivity index (χ1n) is 5.72. The van der Waals surface area contributed by atoms with E-state index in [1.165, 1.54) is 12.1 Å². The fourth-order valence-electron chi connectivity index (χ4n) is 1.51. The smallest absolute Gasteiger partial charge is 0.224 e. The maximum absolute atomic E-state index is 12.7. The van der Waals surface area contributed by atoms with E-state index in [0.717, 1.165) is 5.56 Å². The van der Waals surface area contributed by atoms with Crippen LogP contribution in [0, 0.1) is 5.82 Å². The van der Waals surface area contributed by atoms with Crippen molar-refractivity contribution in [2.24, 2.45) is 0 Å². The lowest BCUT2D eigenvalue weighted by Gasteiger charge is -2.29. The van der Waals surface area contributed by atoms with E-state index in [9.17, 15) is 9.18 Å². The fourth-order valence-corrected chi connectivity index (χ4v) is 2.30. The quantitative estimate of drug-likeness (QED) is 0.802. The van der Waals surface area contributed by atoms with Gasteiger partial charge >= 0.3 is 0 Å². The standard InChI is InChI=1S/C13H16Cl2FNO/c1-2-13(8-14,9-15)17-12(18)7-10-3-5-11(16)6-4-10/h3-6H,2,7-9H2,1H3,(H,17,18). The Morgan fingerprint density at radius 3 is 2.28 bits per heavy atom. The minimum absolute atomic E-state index is 0.162. The summed E-state index contributed by atoms with van der Waals surface area (Å²) in [6.07, 6.45) is 0.852. The molecule has 18 heavy (non-hydrogen) atoms. The third-order valence-corrected chi connectivity index (χ3v) is 3.89. The van der Waals surface area contributed by atoms with Crippen LogP contribution in [0.3, 0.4) is 0 Å². The highest BCUT2D eigenvalue weighted by molar-refractivity contribution is 6.22. The van der Waals surface area contributed by atoms with Crippen molar-refractivity contribution in [3.8, 4) is 0 Å². The van der Waals surface area contributed by atoms with E-state index < -0.39 is 5.54 Å². The Kier molecular flexibility index (Phi) is 5.89. The molecular formula is C13H16Cl2FNO. The largest absolute Gasteiger partial charge is 0.348 e. The van der Waals surface area contributed by atoms with Gasteiger partial charge in [-0.05, 0) is 24.1 Å². The second-order valence-corrected chi connectivity index (χ2v) is 4.79. The predicted molar refractivity (Wildman–Crippen MR) is 72.7 cm³/mol. The van der Waals surface area contributed by atoms with Gasteiger partial charge in [-0.15, -0.1) is 23.2 Å². The van der Waals surface area contributed by atoms with Crippen molar-refractivity contribution in [1.82, 2.24) is 5.32 Å². The van der Waals surface area contributed by atoms with Crippen LogP contribution in [-0.2, 0) is 11.2 Å². The summed E-state index contributed by atoms with van der Waals surface area (Å²) in [6, 6.07) is 5.84. The van der Waals surface area contributed by atoms with Gasteiger partial charge in [0.25, 0.3) is 0 Å². The number of carbonyl (C=O) groups is 1. The van der Waals surface area contributed by atoms with Crippen LogP contribution in [0.4, 0.5) is 4.39 Å². The molecule has 0 aliphatic rings. The van der Waals surface area contributed by atoms with Crippen molar-refractivity contribution in [3.63, 3.8) is 0 Å². The summed E-state index contributed by atoms with van der Waals surface area (Å²) in [5.74, 6) is 0.0537. The summed E-state index contributed by atoms with van der Waals surface area (Å²) in [7, 11) is 0. The van der Waals surface area contributed by atoms with Crippen molar-refractivity contribution in [1.29, 1.82) is 0 Å². The number of rotatable bonds is 6. The molecule has 1 N–H and O–H groups in total. The maximum Gasteiger partial charge on any atom is 0.224 e. The Labute approximate surface area is 116 Å². The van der Waals surface area contributed by atoms with E-state index in [2.05, 4.69) is 5.32 Å². The van der Waals surface area contributed by atoms with Crippen molar-refractivity contribution in [2.45, 2.75) is 25.3 Å². The van der Waals surface area contributed by atoms with Crippen LogP contribution in [0.25, 0.3) is 0 Å². The van der Waals surface area contributed by atoms with Crippen LogP contribution < -0.4 is 5.32 Å². The Hall–Kier alpha value is -0.800. The Morgan fingerprint density at radius 1 is 1.28 bits per heavy atom. The monoisotopic (exact) mass is 291 g/mol. The van der Waals surface area contributed by atoms with Crippen LogP contribution in [-0.4, -0.2) is 23.2 Å². The number of hydrogen-bond acceptors (Lipinski definition) is 1. The summed E-state index contributed by atoms with van der Waals surface area (Å²) in [4.78, 5) is 11.9. The fraction of sp³-hybridized carbons (Fsp3) is 0.462. The molecule has 0 spiro atoms. The number of hydrogen-bond donors (Lipinski definition) is 1. The molecule has 0 aliphatic heterocycles. The van der Waals surface area contributed by atoms with Gasteiger partial charge in [-0.2, -0.15) is 0 Å². The molecule has 0 unspecified atom stereocenters. The first kappa shape index (κ1) is 15.3. The van der Waals surface area contributed by atoms with Crippen LogP contribution in [0.5, 0.6) is 0 Å². The van der Waals surface area contributed by atoms with Crippen LogP contribution in [0.1, 0.15) is 18.9 Å². The number of carbonyl (C=O) groups excluding carboxylic acids is 1. The van der Waals surface area contributed by atoms with Crippen LogP contribution >= 0.6 is 23.2 Å². The van der Waals surface area contributed by atoms with Crippen molar-refractivity contribution < 1.29 is 9.18 Å². The van der Waals surface area contributed by atoms with Gasteiger partial charge in [-0.25, -0.2) is 4.39 Å². The predicted octanol–water partition coefficient (Wildman–Crippen LogP) is 3.11. The number of benzene rings is 1. The average Bonchev–Trinajstić information content (AvgIpc) is 2.39. The average molecular weight is 292 g/mol. The molecule has 1 rings (SSSR count). The Balaban J connectivity index is 2.63. The molecule has 0 fully saturated rings. The summed E-state index contributed by atoms with van der Waals surface area (Å²) in [6.45, 7) is 1.92. The molecule has 2 nitrogen and oxygen atoms in total. The van der Waals surface area contributed by atoms with Gasteiger partial charge in [-0.3, -0.25) is 4.79 Å². The highest BCUT2D eigenvalue weighted by Crippen LogP contribution is 2.15. The zero-order chi connectivity index (χ0) is 13.6.